The molecule has 0 aliphatic heterocycles. The SMILES string of the molecule is CCc1cc2c(NCC(=O)NC(C)C)nc(C)nc2s1. The molecule has 20 heavy (non-hydrogen) atoms. The van der Waals surface area contributed by atoms with E-state index in [9.17, 15) is 4.79 Å². The van der Waals surface area contributed by atoms with Crippen LogP contribution in [0, 0.1) is 6.92 Å². The zero-order valence-corrected chi connectivity index (χ0v) is 13.1. The van der Waals surface area contributed by atoms with Crippen molar-refractivity contribution in [1.82, 2.24) is 15.3 Å². The maximum absolute atomic E-state index is 11.7. The molecule has 2 N–H and O–H groups in total. The lowest BCUT2D eigenvalue weighted by atomic mass is 10.3. The van der Waals surface area contributed by atoms with Gasteiger partial charge in [-0.2, -0.15) is 0 Å². The van der Waals surface area contributed by atoms with Gasteiger partial charge in [-0.1, -0.05) is 6.92 Å². The van der Waals surface area contributed by atoms with Crippen molar-refractivity contribution in [3.8, 4) is 0 Å². The number of carbonyl (C=O) groups is 1. The summed E-state index contributed by atoms with van der Waals surface area (Å²) in [6.07, 6.45) is 0.980. The quantitative estimate of drug-likeness (QED) is 0.888. The minimum Gasteiger partial charge on any atom is -0.360 e. The first kappa shape index (κ1) is 14.7. The molecule has 0 unspecified atom stereocenters. The fourth-order valence-electron chi connectivity index (χ4n) is 1.92. The first-order chi connectivity index (χ1) is 9.49. The molecule has 2 aromatic heterocycles. The second-order valence-corrected chi connectivity index (χ2v) is 6.10. The average molecular weight is 292 g/mol. The Hall–Kier alpha value is -1.69. The van der Waals surface area contributed by atoms with Crippen molar-refractivity contribution in [3.63, 3.8) is 0 Å². The van der Waals surface area contributed by atoms with E-state index in [1.54, 1.807) is 11.3 Å². The van der Waals surface area contributed by atoms with Crippen molar-refractivity contribution in [2.24, 2.45) is 0 Å². The Morgan fingerprint density at radius 3 is 2.80 bits per heavy atom. The van der Waals surface area contributed by atoms with E-state index in [0.717, 1.165) is 22.5 Å². The third-order valence-corrected chi connectivity index (χ3v) is 3.94. The molecule has 0 fully saturated rings. The molecule has 0 atom stereocenters. The van der Waals surface area contributed by atoms with Crippen molar-refractivity contribution >= 4 is 33.3 Å². The summed E-state index contributed by atoms with van der Waals surface area (Å²) in [6, 6.07) is 2.24. The van der Waals surface area contributed by atoms with Crippen LogP contribution in [0.3, 0.4) is 0 Å². The molecule has 2 heterocycles. The van der Waals surface area contributed by atoms with Crippen LogP contribution in [0.5, 0.6) is 0 Å². The average Bonchev–Trinajstić information content (AvgIpc) is 2.77. The van der Waals surface area contributed by atoms with E-state index in [2.05, 4.69) is 33.6 Å². The maximum atomic E-state index is 11.7. The van der Waals surface area contributed by atoms with Crippen LogP contribution in [-0.4, -0.2) is 28.5 Å². The number of fused-ring (bicyclic) bond motifs is 1. The Morgan fingerprint density at radius 1 is 1.40 bits per heavy atom. The Labute approximate surface area is 122 Å². The van der Waals surface area contributed by atoms with Crippen molar-refractivity contribution in [2.45, 2.75) is 40.2 Å². The molecule has 5 nitrogen and oxygen atoms in total. The number of amides is 1. The molecule has 108 valence electrons. The number of aromatic nitrogens is 2. The lowest BCUT2D eigenvalue weighted by Crippen LogP contribution is -2.35. The van der Waals surface area contributed by atoms with Crippen LogP contribution in [0.2, 0.25) is 0 Å². The van der Waals surface area contributed by atoms with Crippen LogP contribution in [0.4, 0.5) is 5.82 Å². The lowest BCUT2D eigenvalue weighted by Gasteiger charge is -2.10. The fourth-order valence-corrected chi connectivity index (χ4v) is 2.94. The highest BCUT2D eigenvalue weighted by molar-refractivity contribution is 7.18. The zero-order chi connectivity index (χ0) is 14.7. The molecular formula is C14H20N4OS. The van der Waals surface area contributed by atoms with Crippen LogP contribution in [0.15, 0.2) is 6.07 Å². The summed E-state index contributed by atoms with van der Waals surface area (Å²) < 4.78 is 0. The highest BCUT2D eigenvalue weighted by atomic mass is 32.1. The lowest BCUT2D eigenvalue weighted by molar-refractivity contribution is -0.119. The van der Waals surface area contributed by atoms with Gasteiger partial charge >= 0.3 is 0 Å². The molecule has 0 aromatic carbocycles. The molecule has 0 aliphatic carbocycles. The van der Waals surface area contributed by atoms with E-state index in [0.29, 0.717) is 5.82 Å². The van der Waals surface area contributed by atoms with Crippen molar-refractivity contribution in [1.29, 1.82) is 0 Å². The summed E-state index contributed by atoms with van der Waals surface area (Å²) in [4.78, 5) is 22.8. The van der Waals surface area contributed by atoms with Crippen LogP contribution < -0.4 is 10.6 Å². The predicted molar refractivity (Wildman–Crippen MR) is 83.3 cm³/mol. The van der Waals surface area contributed by atoms with Gasteiger partial charge in [0, 0.05) is 10.9 Å². The number of hydrogen-bond acceptors (Lipinski definition) is 5. The number of rotatable bonds is 5. The summed E-state index contributed by atoms with van der Waals surface area (Å²) in [5, 5.41) is 6.96. The summed E-state index contributed by atoms with van der Waals surface area (Å²) in [7, 11) is 0. The first-order valence-electron chi connectivity index (χ1n) is 6.80. The molecule has 2 aromatic rings. The van der Waals surface area contributed by atoms with Gasteiger partial charge in [0.15, 0.2) is 0 Å². The van der Waals surface area contributed by atoms with E-state index in [1.165, 1.54) is 4.88 Å². The van der Waals surface area contributed by atoms with Crippen LogP contribution in [0.25, 0.3) is 10.2 Å². The number of thiophene rings is 1. The van der Waals surface area contributed by atoms with E-state index in [4.69, 9.17) is 0 Å². The molecule has 0 radical (unpaired) electrons. The van der Waals surface area contributed by atoms with Gasteiger partial charge in [-0.15, -0.1) is 11.3 Å². The van der Waals surface area contributed by atoms with Gasteiger partial charge in [0.2, 0.25) is 5.91 Å². The number of hydrogen-bond donors (Lipinski definition) is 2. The minimum absolute atomic E-state index is 0.0321. The van der Waals surface area contributed by atoms with Crippen molar-refractivity contribution in [3.05, 3.63) is 16.8 Å². The number of nitrogens with zero attached hydrogens (tertiary/aromatic N) is 2. The standard InChI is InChI=1S/C14H20N4OS/c1-5-10-6-11-13(15-7-12(19)16-8(2)3)17-9(4)18-14(11)20-10/h6,8H,5,7H2,1-4H3,(H,16,19)(H,15,17,18). The fraction of sp³-hybridized carbons (Fsp3) is 0.500. The Balaban J connectivity index is 2.20. The van der Waals surface area contributed by atoms with Gasteiger partial charge in [-0.05, 0) is 33.3 Å². The molecule has 6 heteroatoms. The van der Waals surface area contributed by atoms with E-state index in [-0.39, 0.29) is 18.5 Å². The summed E-state index contributed by atoms with van der Waals surface area (Å²) in [6.45, 7) is 8.09. The second-order valence-electron chi connectivity index (χ2n) is 4.98. The van der Waals surface area contributed by atoms with Crippen LogP contribution >= 0.6 is 11.3 Å². The van der Waals surface area contributed by atoms with E-state index >= 15 is 0 Å². The normalized spacial score (nSPS) is 11.1. The predicted octanol–water partition coefficient (Wildman–Crippen LogP) is 2.50. The molecule has 0 saturated heterocycles. The Bertz CT molecular complexity index is 621. The summed E-state index contributed by atoms with van der Waals surface area (Å²) in [5.41, 5.74) is 0. The monoisotopic (exact) mass is 292 g/mol. The summed E-state index contributed by atoms with van der Waals surface area (Å²) in [5.74, 6) is 1.42. The topological polar surface area (TPSA) is 66.9 Å². The molecular weight excluding hydrogens is 272 g/mol. The number of nitrogens with one attached hydrogen (secondary N) is 2. The molecule has 0 saturated carbocycles. The zero-order valence-electron chi connectivity index (χ0n) is 12.3. The largest absolute Gasteiger partial charge is 0.360 e. The summed E-state index contributed by atoms with van der Waals surface area (Å²) >= 11 is 1.68. The maximum Gasteiger partial charge on any atom is 0.239 e. The number of anilines is 1. The second kappa shape index (κ2) is 6.17. The minimum atomic E-state index is -0.0321. The van der Waals surface area contributed by atoms with Gasteiger partial charge < -0.3 is 10.6 Å². The van der Waals surface area contributed by atoms with Gasteiger partial charge in [-0.25, -0.2) is 9.97 Å². The van der Waals surface area contributed by atoms with Gasteiger partial charge in [0.05, 0.1) is 11.9 Å². The molecule has 0 spiro atoms. The number of carbonyl (C=O) groups excluding carboxylic acids is 1. The Kier molecular flexibility index (Phi) is 4.54. The number of aryl methyl sites for hydroxylation is 2. The highest BCUT2D eigenvalue weighted by Crippen LogP contribution is 2.29. The third-order valence-electron chi connectivity index (χ3n) is 2.77. The van der Waals surface area contributed by atoms with Gasteiger partial charge in [0.1, 0.15) is 16.5 Å². The van der Waals surface area contributed by atoms with E-state index in [1.807, 2.05) is 20.8 Å². The van der Waals surface area contributed by atoms with Crippen LogP contribution in [0.1, 0.15) is 31.5 Å². The highest BCUT2D eigenvalue weighted by Gasteiger charge is 2.11. The third kappa shape index (κ3) is 3.45. The smallest absolute Gasteiger partial charge is 0.239 e. The molecule has 0 aliphatic rings. The molecule has 2 rings (SSSR count). The van der Waals surface area contributed by atoms with Crippen molar-refractivity contribution < 1.29 is 4.79 Å². The molecule has 1 amide bonds. The van der Waals surface area contributed by atoms with Crippen molar-refractivity contribution in [2.75, 3.05) is 11.9 Å². The first-order valence-corrected chi connectivity index (χ1v) is 7.61. The van der Waals surface area contributed by atoms with E-state index < -0.39 is 0 Å². The van der Waals surface area contributed by atoms with Gasteiger partial charge in [-0.3, -0.25) is 4.79 Å². The van der Waals surface area contributed by atoms with Crippen LogP contribution in [-0.2, 0) is 11.2 Å². The van der Waals surface area contributed by atoms with Gasteiger partial charge in [0.25, 0.3) is 0 Å². The Morgan fingerprint density at radius 2 is 2.15 bits per heavy atom. The molecule has 0 bridgehead atoms.